The Kier molecular flexibility index (Phi) is 7.02. The first-order valence-corrected chi connectivity index (χ1v) is 7.43. The van der Waals surface area contributed by atoms with E-state index in [2.05, 4.69) is 27.6 Å². The summed E-state index contributed by atoms with van der Waals surface area (Å²) in [5.41, 5.74) is 1.83. The van der Waals surface area contributed by atoms with Crippen molar-refractivity contribution in [1.82, 2.24) is 0 Å². The van der Waals surface area contributed by atoms with E-state index in [0.717, 1.165) is 6.42 Å². The Balaban J connectivity index is 2.48. The first-order valence-electron chi connectivity index (χ1n) is 6.51. The highest BCUT2D eigenvalue weighted by atomic mass is 79.9. The van der Waals surface area contributed by atoms with E-state index < -0.39 is 0 Å². The number of alkyl halides is 1. The lowest BCUT2D eigenvalue weighted by Gasteiger charge is -2.10. The zero-order valence-electron chi connectivity index (χ0n) is 11.1. The Morgan fingerprint density at radius 3 is 2.44 bits per heavy atom. The Morgan fingerprint density at radius 2 is 1.89 bits per heavy atom. The third kappa shape index (κ3) is 4.81. The minimum absolute atomic E-state index is 0.282. The molecule has 1 unspecified atom stereocenters. The molecular formula is C15H21BrO2. The van der Waals surface area contributed by atoms with Crippen LogP contribution in [0, 0.1) is 0 Å². The number of esters is 1. The van der Waals surface area contributed by atoms with Crippen LogP contribution in [0.1, 0.15) is 59.8 Å². The van der Waals surface area contributed by atoms with Crippen LogP contribution in [0.2, 0.25) is 0 Å². The van der Waals surface area contributed by atoms with Crippen LogP contribution < -0.4 is 0 Å². The molecule has 2 nitrogen and oxygen atoms in total. The van der Waals surface area contributed by atoms with E-state index in [9.17, 15) is 4.79 Å². The lowest BCUT2D eigenvalue weighted by Crippen LogP contribution is -2.01. The highest BCUT2D eigenvalue weighted by Gasteiger charge is 2.09. The summed E-state index contributed by atoms with van der Waals surface area (Å²) in [5, 5.41) is 0. The molecule has 0 spiro atoms. The SMILES string of the molecule is CCCCCCC(Br)c1ccc(C(=O)OC)cc1. The van der Waals surface area contributed by atoms with Crippen molar-refractivity contribution in [2.24, 2.45) is 0 Å². The van der Waals surface area contributed by atoms with E-state index in [1.54, 1.807) is 0 Å². The van der Waals surface area contributed by atoms with Gasteiger partial charge >= 0.3 is 5.97 Å². The van der Waals surface area contributed by atoms with Gasteiger partial charge in [-0.25, -0.2) is 4.79 Å². The molecule has 1 aromatic carbocycles. The number of unbranched alkanes of at least 4 members (excludes halogenated alkanes) is 3. The van der Waals surface area contributed by atoms with Crippen molar-refractivity contribution in [1.29, 1.82) is 0 Å². The van der Waals surface area contributed by atoms with Crippen LogP contribution in [0.25, 0.3) is 0 Å². The van der Waals surface area contributed by atoms with Gasteiger partial charge in [-0.2, -0.15) is 0 Å². The molecule has 0 aliphatic carbocycles. The molecule has 0 saturated carbocycles. The summed E-state index contributed by atoms with van der Waals surface area (Å²) in [5.74, 6) is -0.282. The van der Waals surface area contributed by atoms with Gasteiger partial charge in [-0.3, -0.25) is 0 Å². The predicted octanol–water partition coefficient (Wildman–Crippen LogP) is 4.88. The maximum absolute atomic E-state index is 11.3. The highest BCUT2D eigenvalue weighted by Crippen LogP contribution is 2.28. The number of hydrogen-bond acceptors (Lipinski definition) is 2. The molecule has 0 aliphatic heterocycles. The molecule has 1 atom stereocenters. The Bertz CT molecular complexity index is 359. The maximum Gasteiger partial charge on any atom is 0.337 e. The van der Waals surface area contributed by atoms with E-state index >= 15 is 0 Å². The third-order valence-electron chi connectivity index (χ3n) is 3.00. The summed E-state index contributed by atoms with van der Waals surface area (Å²) in [6, 6.07) is 7.62. The van der Waals surface area contributed by atoms with Gasteiger partial charge in [0.05, 0.1) is 12.7 Å². The zero-order chi connectivity index (χ0) is 13.4. The van der Waals surface area contributed by atoms with Gasteiger partial charge in [0.25, 0.3) is 0 Å². The average molecular weight is 313 g/mol. The van der Waals surface area contributed by atoms with Crippen LogP contribution in [0.15, 0.2) is 24.3 Å². The first kappa shape index (κ1) is 15.2. The van der Waals surface area contributed by atoms with Crippen molar-refractivity contribution in [3.63, 3.8) is 0 Å². The Hall–Kier alpha value is -0.830. The highest BCUT2D eigenvalue weighted by molar-refractivity contribution is 9.09. The summed E-state index contributed by atoms with van der Waals surface area (Å²) in [6.45, 7) is 2.22. The van der Waals surface area contributed by atoms with E-state index in [1.807, 2.05) is 24.3 Å². The average Bonchev–Trinajstić information content (AvgIpc) is 2.42. The number of carbonyl (C=O) groups excluding carboxylic acids is 1. The van der Waals surface area contributed by atoms with Crippen molar-refractivity contribution in [2.75, 3.05) is 7.11 Å². The molecule has 0 fully saturated rings. The van der Waals surface area contributed by atoms with Gasteiger partial charge in [-0.15, -0.1) is 0 Å². The topological polar surface area (TPSA) is 26.3 Å². The summed E-state index contributed by atoms with van der Waals surface area (Å²) in [4.78, 5) is 11.7. The summed E-state index contributed by atoms with van der Waals surface area (Å²) < 4.78 is 4.68. The number of halogens is 1. The fourth-order valence-corrected chi connectivity index (χ4v) is 2.49. The molecule has 0 N–H and O–H groups in total. The monoisotopic (exact) mass is 312 g/mol. The lowest BCUT2D eigenvalue weighted by atomic mass is 10.0. The van der Waals surface area contributed by atoms with Crippen molar-refractivity contribution in [3.05, 3.63) is 35.4 Å². The smallest absolute Gasteiger partial charge is 0.337 e. The van der Waals surface area contributed by atoms with Crippen LogP contribution in [-0.4, -0.2) is 13.1 Å². The van der Waals surface area contributed by atoms with E-state index in [4.69, 9.17) is 0 Å². The van der Waals surface area contributed by atoms with Crippen molar-refractivity contribution in [2.45, 2.75) is 43.9 Å². The van der Waals surface area contributed by atoms with Gasteiger partial charge in [0.2, 0.25) is 0 Å². The number of hydrogen-bond donors (Lipinski definition) is 0. The number of methoxy groups -OCH3 is 1. The van der Waals surface area contributed by atoms with Crippen molar-refractivity contribution < 1.29 is 9.53 Å². The first-order chi connectivity index (χ1) is 8.69. The van der Waals surface area contributed by atoms with Crippen LogP contribution in [0.4, 0.5) is 0 Å². The summed E-state index contributed by atoms with van der Waals surface area (Å²) >= 11 is 3.70. The van der Waals surface area contributed by atoms with Gasteiger partial charge in [0.1, 0.15) is 0 Å². The quantitative estimate of drug-likeness (QED) is 0.407. The Labute approximate surface area is 118 Å². The minimum Gasteiger partial charge on any atom is -0.465 e. The molecule has 0 aliphatic rings. The molecule has 0 aromatic heterocycles. The Morgan fingerprint density at radius 1 is 1.22 bits per heavy atom. The molecule has 0 radical (unpaired) electrons. The molecule has 100 valence electrons. The van der Waals surface area contributed by atoms with Crippen LogP contribution in [-0.2, 0) is 4.74 Å². The van der Waals surface area contributed by atoms with Crippen LogP contribution in [0.3, 0.4) is 0 Å². The predicted molar refractivity (Wildman–Crippen MR) is 78.2 cm³/mol. The molecule has 0 heterocycles. The van der Waals surface area contributed by atoms with E-state index in [1.165, 1.54) is 38.4 Å². The minimum atomic E-state index is -0.282. The molecule has 18 heavy (non-hydrogen) atoms. The normalized spacial score (nSPS) is 12.2. The number of benzene rings is 1. The van der Waals surface area contributed by atoms with Gasteiger partial charge in [0, 0.05) is 4.83 Å². The van der Waals surface area contributed by atoms with Crippen molar-refractivity contribution >= 4 is 21.9 Å². The molecule has 0 saturated heterocycles. The van der Waals surface area contributed by atoms with Crippen molar-refractivity contribution in [3.8, 4) is 0 Å². The van der Waals surface area contributed by atoms with Gasteiger partial charge < -0.3 is 4.74 Å². The third-order valence-corrected chi connectivity index (χ3v) is 3.99. The molecule has 0 amide bonds. The fourth-order valence-electron chi connectivity index (χ4n) is 1.86. The number of carbonyl (C=O) groups is 1. The number of ether oxygens (including phenoxy) is 1. The number of rotatable bonds is 7. The standard InChI is InChI=1S/C15H21BrO2/c1-3-4-5-6-7-14(16)12-8-10-13(11-9-12)15(17)18-2/h8-11,14H,3-7H2,1-2H3. The van der Waals surface area contributed by atoms with Gasteiger partial charge in [0.15, 0.2) is 0 Å². The summed E-state index contributed by atoms with van der Waals surface area (Å²) in [7, 11) is 1.40. The van der Waals surface area contributed by atoms with Gasteiger partial charge in [-0.1, -0.05) is 60.7 Å². The molecule has 1 aromatic rings. The van der Waals surface area contributed by atoms with Crippen LogP contribution in [0.5, 0.6) is 0 Å². The van der Waals surface area contributed by atoms with E-state index in [0.29, 0.717) is 10.4 Å². The molecule has 0 bridgehead atoms. The second-order valence-corrected chi connectivity index (χ2v) is 5.54. The second kappa shape index (κ2) is 8.30. The largest absolute Gasteiger partial charge is 0.465 e. The molecule has 3 heteroatoms. The molecular weight excluding hydrogens is 292 g/mol. The fraction of sp³-hybridized carbons (Fsp3) is 0.533. The van der Waals surface area contributed by atoms with E-state index in [-0.39, 0.29) is 5.97 Å². The van der Waals surface area contributed by atoms with Gasteiger partial charge in [-0.05, 0) is 24.1 Å². The second-order valence-electron chi connectivity index (χ2n) is 4.43. The lowest BCUT2D eigenvalue weighted by molar-refractivity contribution is 0.0600. The molecule has 1 rings (SSSR count). The maximum atomic E-state index is 11.3. The summed E-state index contributed by atoms with van der Waals surface area (Å²) in [6.07, 6.45) is 6.24. The van der Waals surface area contributed by atoms with Crippen LogP contribution >= 0.6 is 15.9 Å². The zero-order valence-corrected chi connectivity index (χ0v) is 12.7.